The lowest BCUT2D eigenvalue weighted by Crippen LogP contribution is -1.91. The fourth-order valence-corrected chi connectivity index (χ4v) is 1.87. The van der Waals surface area contributed by atoms with Gasteiger partial charge in [-0.05, 0) is 42.6 Å². The molecule has 0 unspecified atom stereocenters. The van der Waals surface area contributed by atoms with Crippen LogP contribution in [0.4, 0.5) is 11.4 Å². The molecule has 0 saturated heterocycles. The number of hydrogen-bond acceptors (Lipinski definition) is 3. The van der Waals surface area contributed by atoms with Crippen molar-refractivity contribution in [1.82, 2.24) is 9.97 Å². The van der Waals surface area contributed by atoms with Crippen LogP contribution in [0, 0.1) is 6.92 Å². The van der Waals surface area contributed by atoms with Crippen molar-refractivity contribution in [2.75, 3.05) is 5.32 Å². The molecule has 2 heterocycles. The number of aromatic nitrogens is 2. The summed E-state index contributed by atoms with van der Waals surface area (Å²) in [6.45, 7) is 1.98. The number of benzene rings is 1. The molecule has 0 bridgehead atoms. The second-order valence-electron chi connectivity index (χ2n) is 4.25. The van der Waals surface area contributed by atoms with Crippen LogP contribution in [-0.2, 0) is 0 Å². The first kappa shape index (κ1) is 10.7. The van der Waals surface area contributed by atoms with E-state index in [9.17, 15) is 0 Å². The quantitative estimate of drug-likeness (QED) is 0.736. The van der Waals surface area contributed by atoms with Crippen LogP contribution in [0.25, 0.3) is 10.8 Å². The second kappa shape index (κ2) is 4.45. The zero-order valence-electron chi connectivity index (χ0n) is 10.1. The summed E-state index contributed by atoms with van der Waals surface area (Å²) in [6, 6.07) is 12.2. The van der Waals surface area contributed by atoms with Gasteiger partial charge >= 0.3 is 0 Å². The second-order valence-corrected chi connectivity index (χ2v) is 4.25. The first-order valence-electron chi connectivity index (χ1n) is 5.85. The summed E-state index contributed by atoms with van der Waals surface area (Å²) in [6.07, 6.45) is 5.51. The molecular formula is C15H13N3. The molecule has 0 atom stereocenters. The lowest BCUT2D eigenvalue weighted by molar-refractivity contribution is 1.20. The van der Waals surface area contributed by atoms with Crippen LogP contribution >= 0.6 is 0 Å². The van der Waals surface area contributed by atoms with E-state index in [0.29, 0.717) is 0 Å². The smallest absolute Gasteiger partial charge is 0.0570 e. The van der Waals surface area contributed by atoms with Crippen molar-refractivity contribution in [1.29, 1.82) is 0 Å². The van der Waals surface area contributed by atoms with Crippen molar-refractivity contribution in [2.45, 2.75) is 6.92 Å². The summed E-state index contributed by atoms with van der Waals surface area (Å²) in [5.41, 5.74) is 3.05. The van der Waals surface area contributed by atoms with E-state index in [1.165, 1.54) is 5.39 Å². The molecule has 1 aromatic carbocycles. The molecule has 0 saturated carbocycles. The highest BCUT2D eigenvalue weighted by molar-refractivity contribution is 5.85. The van der Waals surface area contributed by atoms with E-state index in [-0.39, 0.29) is 0 Å². The van der Waals surface area contributed by atoms with Gasteiger partial charge in [0.05, 0.1) is 11.9 Å². The topological polar surface area (TPSA) is 37.8 Å². The molecule has 88 valence electrons. The number of aryl methyl sites for hydroxylation is 1. The lowest BCUT2D eigenvalue weighted by atomic mass is 10.1. The summed E-state index contributed by atoms with van der Waals surface area (Å²) >= 11 is 0. The van der Waals surface area contributed by atoms with E-state index in [2.05, 4.69) is 33.5 Å². The Bertz CT molecular complexity index is 675. The van der Waals surface area contributed by atoms with Crippen molar-refractivity contribution in [2.24, 2.45) is 0 Å². The molecule has 0 spiro atoms. The van der Waals surface area contributed by atoms with Crippen LogP contribution in [0.3, 0.4) is 0 Å². The molecule has 0 aliphatic heterocycles. The van der Waals surface area contributed by atoms with Crippen molar-refractivity contribution < 1.29 is 0 Å². The van der Waals surface area contributed by atoms with Gasteiger partial charge in [-0.1, -0.05) is 6.07 Å². The summed E-state index contributed by atoms with van der Waals surface area (Å²) in [5.74, 6) is 0. The largest absolute Gasteiger partial charge is 0.354 e. The van der Waals surface area contributed by atoms with Gasteiger partial charge in [-0.15, -0.1) is 0 Å². The molecule has 1 N–H and O–H groups in total. The molecule has 3 heteroatoms. The first-order chi connectivity index (χ1) is 8.81. The monoisotopic (exact) mass is 235 g/mol. The summed E-state index contributed by atoms with van der Waals surface area (Å²) in [5, 5.41) is 5.65. The highest BCUT2D eigenvalue weighted by Gasteiger charge is 1.97. The molecule has 0 fully saturated rings. The summed E-state index contributed by atoms with van der Waals surface area (Å²) in [4.78, 5) is 8.40. The van der Waals surface area contributed by atoms with Crippen LogP contribution < -0.4 is 5.32 Å². The molecule has 2 aromatic heterocycles. The van der Waals surface area contributed by atoms with E-state index >= 15 is 0 Å². The Morgan fingerprint density at radius 3 is 2.61 bits per heavy atom. The Morgan fingerprint density at radius 1 is 0.889 bits per heavy atom. The summed E-state index contributed by atoms with van der Waals surface area (Å²) < 4.78 is 0. The average Bonchev–Trinajstić information content (AvgIpc) is 2.41. The number of anilines is 2. The standard InChI is InChI=1S/C15H13N3/c1-11-2-4-15(10-17-11)18-14-5-3-12-6-7-16-9-13(12)8-14/h2-10,18H,1H3. The molecule has 0 aliphatic carbocycles. The van der Waals surface area contributed by atoms with Crippen molar-refractivity contribution in [3.05, 3.63) is 60.7 Å². The molecule has 0 aliphatic rings. The lowest BCUT2D eigenvalue weighted by Gasteiger charge is -2.07. The Balaban J connectivity index is 1.92. The zero-order chi connectivity index (χ0) is 12.4. The van der Waals surface area contributed by atoms with Crippen LogP contribution in [0.1, 0.15) is 5.69 Å². The maximum absolute atomic E-state index is 4.26. The third-order valence-electron chi connectivity index (χ3n) is 2.84. The van der Waals surface area contributed by atoms with Gasteiger partial charge in [-0.2, -0.15) is 0 Å². The van der Waals surface area contributed by atoms with Crippen molar-refractivity contribution in [3.63, 3.8) is 0 Å². The highest BCUT2D eigenvalue weighted by atomic mass is 14.9. The fourth-order valence-electron chi connectivity index (χ4n) is 1.87. The van der Waals surface area contributed by atoms with Crippen LogP contribution in [0.15, 0.2) is 55.0 Å². The molecule has 0 radical (unpaired) electrons. The van der Waals surface area contributed by atoms with Crippen LogP contribution in [-0.4, -0.2) is 9.97 Å². The Kier molecular flexibility index (Phi) is 2.65. The Labute approximate surface area is 106 Å². The van der Waals surface area contributed by atoms with Gasteiger partial charge in [0.1, 0.15) is 0 Å². The van der Waals surface area contributed by atoms with E-state index in [4.69, 9.17) is 0 Å². The minimum Gasteiger partial charge on any atom is -0.354 e. The van der Waals surface area contributed by atoms with E-state index in [1.54, 1.807) is 6.20 Å². The average molecular weight is 235 g/mol. The van der Waals surface area contributed by atoms with Gasteiger partial charge in [0, 0.05) is 29.2 Å². The molecule has 3 nitrogen and oxygen atoms in total. The first-order valence-corrected chi connectivity index (χ1v) is 5.85. The number of fused-ring (bicyclic) bond motifs is 1. The minimum atomic E-state index is 0.990. The number of nitrogens with zero attached hydrogens (tertiary/aromatic N) is 2. The third kappa shape index (κ3) is 2.15. The van der Waals surface area contributed by atoms with E-state index < -0.39 is 0 Å². The number of rotatable bonds is 2. The van der Waals surface area contributed by atoms with Gasteiger partial charge in [0.15, 0.2) is 0 Å². The maximum Gasteiger partial charge on any atom is 0.0570 e. The van der Waals surface area contributed by atoms with Crippen LogP contribution in [0.5, 0.6) is 0 Å². The van der Waals surface area contributed by atoms with Crippen molar-refractivity contribution in [3.8, 4) is 0 Å². The Hall–Kier alpha value is -2.42. The van der Waals surface area contributed by atoms with Crippen LogP contribution in [0.2, 0.25) is 0 Å². The molecule has 3 rings (SSSR count). The maximum atomic E-state index is 4.26. The van der Waals surface area contributed by atoms with Gasteiger partial charge in [-0.25, -0.2) is 0 Å². The third-order valence-corrected chi connectivity index (χ3v) is 2.84. The zero-order valence-corrected chi connectivity index (χ0v) is 10.1. The number of nitrogens with one attached hydrogen (secondary N) is 1. The molecular weight excluding hydrogens is 222 g/mol. The Morgan fingerprint density at radius 2 is 1.78 bits per heavy atom. The van der Waals surface area contributed by atoms with E-state index in [0.717, 1.165) is 22.5 Å². The summed E-state index contributed by atoms with van der Waals surface area (Å²) in [7, 11) is 0. The van der Waals surface area contributed by atoms with Gasteiger partial charge in [-0.3, -0.25) is 9.97 Å². The van der Waals surface area contributed by atoms with Gasteiger partial charge in [0.2, 0.25) is 0 Å². The molecule has 0 amide bonds. The SMILES string of the molecule is Cc1ccc(Nc2ccc3ccncc3c2)cn1. The number of pyridine rings is 2. The normalized spacial score (nSPS) is 10.5. The number of hydrogen-bond donors (Lipinski definition) is 1. The van der Waals surface area contributed by atoms with Gasteiger partial charge in [0.25, 0.3) is 0 Å². The molecule has 3 aromatic rings. The minimum absolute atomic E-state index is 0.990. The highest BCUT2D eigenvalue weighted by Crippen LogP contribution is 2.21. The predicted octanol–water partition coefficient (Wildman–Crippen LogP) is 3.68. The van der Waals surface area contributed by atoms with E-state index in [1.807, 2.05) is 37.5 Å². The fraction of sp³-hybridized carbons (Fsp3) is 0.0667. The molecule has 18 heavy (non-hydrogen) atoms. The predicted molar refractivity (Wildman–Crippen MR) is 74.0 cm³/mol. The van der Waals surface area contributed by atoms with Crippen molar-refractivity contribution >= 4 is 22.1 Å². The van der Waals surface area contributed by atoms with Gasteiger partial charge < -0.3 is 5.32 Å².